The van der Waals surface area contributed by atoms with Gasteiger partial charge in [0.15, 0.2) is 0 Å². The van der Waals surface area contributed by atoms with Crippen LogP contribution < -0.4 is 0 Å². The molecule has 3 rings (SSSR count). The van der Waals surface area contributed by atoms with E-state index in [0.717, 1.165) is 12.2 Å². The number of carbonyl (C=O) groups excluding carboxylic acids is 1. The minimum atomic E-state index is 0.138. The summed E-state index contributed by atoms with van der Waals surface area (Å²) in [5.74, 6) is 0. The third-order valence-electron chi connectivity index (χ3n) is 5.12. The van der Waals surface area contributed by atoms with E-state index in [1.165, 1.54) is 53.8 Å². The van der Waals surface area contributed by atoms with E-state index in [4.69, 9.17) is 9.53 Å². The van der Waals surface area contributed by atoms with Crippen molar-refractivity contribution in [3.63, 3.8) is 0 Å². The summed E-state index contributed by atoms with van der Waals surface area (Å²) in [6.45, 7) is 11.7. The van der Waals surface area contributed by atoms with Gasteiger partial charge in [-0.25, -0.2) is 0 Å². The molecule has 1 aromatic heterocycles. The highest BCUT2D eigenvalue weighted by Gasteiger charge is 2.18. The van der Waals surface area contributed by atoms with Gasteiger partial charge in [0.25, 0.3) is 0 Å². The first-order valence-corrected chi connectivity index (χ1v) is 9.83. The number of methoxy groups -OCH3 is 1. The topological polar surface area (TPSA) is 42.4 Å². The zero-order valence-corrected chi connectivity index (χ0v) is 17.6. The number of aromatic nitrogens is 1. The average molecular weight is 381 g/mol. The number of aryl methyl sites for hydroxylation is 1. The number of allylic oxidation sites excluding steroid dienone is 1. The second kappa shape index (κ2) is 10.9. The molecule has 1 aliphatic rings. The number of pyridine rings is 1. The largest absolute Gasteiger partial charge is 0.375 e. The van der Waals surface area contributed by atoms with E-state index in [0.29, 0.717) is 0 Å². The molecule has 0 N–H and O–H groups in total. The first kappa shape index (κ1) is 22.0. The standard InChI is InChI=1S/C23H30N2O.CH2O/c1-17(2)15-22-18(3)24-12-11-21(22)19-7-9-20(10-8-19)23(26-4)16-25-13-5-6-14-25;1-2/h7-12,15,23H,5-6,13-14,16H2,1-4H3;1H2. The summed E-state index contributed by atoms with van der Waals surface area (Å²) >= 11 is 0. The van der Waals surface area contributed by atoms with Crippen molar-refractivity contribution in [3.8, 4) is 11.1 Å². The van der Waals surface area contributed by atoms with Crippen molar-refractivity contribution in [2.75, 3.05) is 26.7 Å². The fourth-order valence-corrected chi connectivity index (χ4v) is 3.69. The van der Waals surface area contributed by atoms with Crippen LogP contribution in [-0.2, 0) is 9.53 Å². The van der Waals surface area contributed by atoms with E-state index in [2.05, 4.69) is 67.1 Å². The Morgan fingerprint density at radius 2 is 1.82 bits per heavy atom. The fourth-order valence-electron chi connectivity index (χ4n) is 3.69. The Balaban J connectivity index is 0.00000136. The monoisotopic (exact) mass is 380 g/mol. The van der Waals surface area contributed by atoms with Crippen LogP contribution in [0.15, 0.2) is 42.1 Å². The van der Waals surface area contributed by atoms with Crippen molar-refractivity contribution in [2.24, 2.45) is 0 Å². The maximum Gasteiger partial charge on any atom is 0.106 e. The molecule has 0 spiro atoms. The molecule has 0 aliphatic carbocycles. The van der Waals surface area contributed by atoms with Crippen LogP contribution in [0.1, 0.15) is 49.6 Å². The van der Waals surface area contributed by atoms with Crippen molar-refractivity contribution in [3.05, 3.63) is 58.9 Å². The molecular formula is C24H32N2O2. The van der Waals surface area contributed by atoms with Gasteiger partial charge in [0.05, 0.1) is 6.10 Å². The number of nitrogens with zero attached hydrogens (tertiary/aromatic N) is 2. The normalized spacial score (nSPS) is 14.9. The summed E-state index contributed by atoms with van der Waals surface area (Å²) in [4.78, 5) is 15.0. The molecule has 28 heavy (non-hydrogen) atoms. The van der Waals surface area contributed by atoms with Crippen LogP contribution in [0.5, 0.6) is 0 Å². The Kier molecular flexibility index (Phi) is 8.55. The first-order chi connectivity index (χ1) is 13.6. The SMILES string of the molecule is C=O.COC(CN1CCCC1)c1ccc(-c2ccnc(C)c2C=C(C)C)cc1. The van der Waals surface area contributed by atoms with Crippen molar-refractivity contribution < 1.29 is 9.53 Å². The Bertz CT molecular complexity index is 774. The summed E-state index contributed by atoms with van der Waals surface area (Å²) in [5.41, 5.74) is 7.26. The van der Waals surface area contributed by atoms with E-state index in [1.54, 1.807) is 0 Å². The Hall–Kier alpha value is -2.30. The molecule has 1 aromatic carbocycles. The van der Waals surface area contributed by atoms with Gasteiger partial charge in [0, 0.05) is 31.1 Å². The van der Waals surface area contributed by atoms with Crippen LogP contribution in [0.2, 0.25) is 0 Å². The Morgan fingerprint density at radius 3 is 2.39 bits per heavy atom. The van der Waals surface area contributed by atoms with Crippen LogP contribution in [0.3, 0.4) is 0 Å². The number of hydrogen-bond donors (Lipinski definition) is 0. The maximum absolute atomic E-state index is 8.00. The van der Waals surface area contributed by atoms with Crippen molar-refractivity contribution in [1.29, 1.82) is 0 Å². The Labute approximate surface area is 169 Å². The van der Waals surface area contributed by atoms with Crippen LogP contribution in [0.4, 0.5) is 0 Å². The van der Waals surface area contributed by atoms with E-state index < -0.39 is 0 Å². The lowest BCUT2D eigenvalue weighted by atomic mass is 9.96. The molecule has 0 amide bonds. The van der Waals surface area contributed by atoms with Crippen LogP contribution in [0.25, 0.3) is 17.2 Å². The van der Waals surface area contributed by atoms with E-state index >= 15 is 0 Å². The molecule has 2 aromatic rings. The molecule has 1 saturated heterocycles. The van der Waals surface area contributed by atoms with Gasteiger partial charge in [-0.15, -0.1) is 0 Å². The predicted octanol–water partition coefficient (Wildman–Crippen LogP) is 5.08. The molecule has 0 radical (unpaired) electrons. The third kappa shape index (κ3) is 5.60. The van der Waals surface area contributed by atoms with Gasteiger partial charge in [-0.05, 0) is 69.5 Å². The highest BCUT2D eigenvalue weighted by molar-refractivity contribution is 5.76. The van der Waals surface area contributed by atoms with E-state index in [-0.39, 0.29) is 6.10 Å². The zero-order chi connectivity index (χ0) is 20.5. The van der Waals surface area contributed by atoms with Gasteiger partial charge in [-0.3, -0.25) is 4.98 Å². The highest BCUT2D eigenvalue weighted by atomic mass is 16.5. The summed E-state index contributed by atoms with van der Waals surface area (Å²) in [5, 5.41) is 0. The molecule has 150 valence electrons. The molecule has 1 aliphatic heterocycles. The lowest BCUT2D eigenvalue weighted by Crippen LogP contribution is -2.26. The minimum Gasteiger partial charge on any atom is -0.375 e. The summed E-state index contributed by atoms with van der Waals surface area (Å²) < 4.78 is 5.78. The number of hydrogen-bond acceptors (Lipinski definition) is 4. The fraction of sp³-hybridized carbons (Fsp3) is 0.417. The van der Waals surface area contributed by atoms with Crippen LogP contribution >= 0.6 is 0 Å². The molecule has 0 saturated carbocycles. The molecule has 0 bridgehead atoms. The molecule has 1 unspecified atom stereocenters. The molecule has 2 heterocycles. The highest BCUT2D eigenvalue weighted by Crippen LogP contribution is 2.29. The maximum atomic E-state index is 8.00. The van der Waals surface area contributed by atoms with Gasteiger partial charge in [-0.2, -0.15) is 0 Å². The lowest BCUT2D eigenvalue weighted by molar-refractivity contribution is -0.0979. The van der Waals surface area contributed by atoms with E-state index in [9.17, 15) is 0 Å². The number of ether oxygens (including phenoxy) is 1. The van der Waals surface area contributed by atoms with E-state index in [1.807, 2.05) is 20.1 Å². The lowest BCUT2D eigenvalue weighted by Gasteiger charge is -2.23. The summed E-state index contributed by atoms with van der Waals surface area (Å²) in [7, 11) is 1.81. The quantitative estimate of drug-likeness (QED) is 0.701. The minimum absolute atomic E-state index is 0.138. The second-order valence-corrected chi connectivity index (χ2v) is 7.43. The number of carbonyl (C=O) groups is 1. The van der Waals surface area contributed by atoms with Crippen molar-refractivity contribution >= 4 is 12.9 Å². The summed E-state index contributed by atoms with van der Waals surface area (Å²) in [6, 6.07) is 10.9. The zero-order valence-electron chi connectivity index (χ0n) is 17.6. The molecule has 1 atom stereocenters. The smallest absolute Gasteiger partial charge is 0.106 e. The molecule has 1 fully saturated rings. The Morgan fingerprint density at radius 1 is 1.18 bits per heavy atom. The van der Waals surface area contributed by atoms with Gasteiger partial charge in [0.1, 0.15) is 6.79 Å². The van der Waals surface area contributed by atoms with Gasteiger partial charge in [0.2, 0.25) is 0 Å². The van der Waals surface area contributed by atoms with Crippen LogP contribution in [0, 0.1) is 6.92 Å². The number of benzene rings is 1. The van der Waals surface area contributed by atoms with Gasteiger partial charge < -0.3 is 14.4 Å². The van der Waals surface area contributed by atoms with Gasteiger partial charge >= 0.3 is 0 Å². The average Bonchev–Trinajstić information content (AvgIpc) is 3.22. The van der Waals surface area contributed by atoms with Crippen molar-refractivity contribution in [1.82, 2.24) is 9.88 Å². The third-order valence-corrected chi connectivity index (χ3v) is 5.12. The molecule has 4 nitrogen and oxygen atoms in total. The van der Waals surface area contributed by atoms with Crippen LogP contribution in [-0.4, -0.2) is 43.4 Å². The number of rotatable bonds is 6. The predicted molar refractivity (Wildman–Crippen MR) is 116 cm³/mol. The van der Waals surface area contributed by atoms with Gasteiger partial charge in [-0.1, -0.05) is 35.9 Å². The van der Waals surface area contributed by atoms with Crippen molar-refractivity contribution in [2.45, 2.75) is 39.7 Å². The second-order valence-electron chi connectivity index (χ2n) is 7.43. The number of likely N-dealkylation sites (tertiary alicyclic amines) is 1. The molecular weight excluding hydrogens is 348 g/mol. The first-order valence-electron chi connectivity index (χ1n) is 9.83. The molecule has 4 heteroatoms. The summed E-state index contributed by atoms with van der Waals surface area (Å²) in [6.07, 6.45) is 6.87.